The maximum Gasteiger partial charge on any atom is 0.416 e. The fraction of sp³-hybridized carbons (Fsp3) is 0.308. The number of carboxylic acid groups (broad SMARTS) is 1. The van der Waals surface area contributed by atoms with E-state index in [1.54, 1.807) is 18.2 Å². The number of pyridine rings is 1. The summed E-state index contributed by atoms with van der Waals surface area (Å²) in [4.78, 5) is 17.1. The average Bonchev–Trinajstić information content (AvgIpc) is 2.86. The van der Waals surface area contributed by atoms with Gasteiger partial charge in [-0.2, -0.15) is 13.2 Å². The lowest BCUT2D eigenvalue weighted by Crippen LogP contribution is -2.43. The quantitative estimate of drug-likeness (QED) is 0.445. The van der Waals surface area contributed by atoms with E-state index in [0.717, 1.165) is 28.1 Å². The standard InChI is InChI=1S/C26H26F3N3O5S/c1-16-7-11-23(31(2)3)30-25(16)17-8-10-22-21(13-17)32(15-19(37-22)9-12-24(33)34)38(35,36)20-6-4-5-18(14-20)26(27,28)29/h4-8,10-11,13-14,19H,9,12,15H2,1-3H3,(H,33,34). The monoisotopic (exact) mass is 549 g/mol. The third kappa shape index (κ3) is 5.54. The van der Waals surface area contributed by atoms with Crippen LogP contribution >= 0.6 is 0 Å². The van der Waals surface area contributed by atoms with Crippen molar-refractivity contribution in [1.29, 1.82) is 0 Å². The number of fused-ring (bicyclic) bond motifs is 1. The van der Waals surface area contributed by atoms with E-state index in [9.17, 15) is 26.4 Å². The number of hydrogen-bond acceptors (Lipinski definition) is 6. The van der Waals surface area contributed by atoms with E-state index >= 15 is 0 Å². The molecule has 0 saturated carbocycles. The highest BCUT2D eigenvalue weighted by Gasteiger charge is 2.37. The Hall–Kier alpha value is -3.80. The molecule has 0 radical (unpaired) electrons. The van der Waals surface area contributed by atoms with E-state index in [1.807, 2.05) is 38.1 Å². The summed E-state index contributed by atoms with van der Waals surface area (Å²) in [5, 5.41) is 9.10. The molecule has 1 aliphatic rings. The predicted molar refractivity (Wildman–Crippen MR) is 136 cm³/mol. The minimum Gasteiger partial charge on any atom is -0.486 e. The maximum absolute atomic E-state index is 13.7. The average molecular weight is 550 g/mol. The Morgan fingerprint density at radius 1 is 1.16 bits per heavy atom. The summed E-state index contributed by atoms with van der Waals surface area (Å²) in [5.41, 5.74) is 1.05. The van der Waals surface area contributed by atoms with Gasteiger partial charge in [0.05, 0.1) is 28.4 Å². The number of hydrogen-bond donors (Lipinski definition) is 1. The van der Waals surface area contributed by atoms with Crippen LogP contribution in [0, 0.1) is 6.92 Å². The molecule has 2 aromatic carbocycles. The number of aliphatic carboxylic acids is 1. The van der Waals surface area contributed by atoms with Crippen LogP contribution < -0.4 is 13.9 Å². The number of benzene rings is 2. The zero-order chi connectivity index (χ0) is 27.8. The first-order valence-electron chi connectivity index (χ1n) is 11.6. The van der Waals surface area contributed by atoms with E-state index in [1.165, 1.54) is 0 Å². The van der Waals surface area contributed by atoms with Crippen molar-refractivity contribution in [2.24, 2.45) is 0 Å². The van der Waals surface area contributed by atoms with E-state index in [-0.39, 0.29) is 30.8 Å². The molecule has 0 spiro atoms. The number of nitrogens with zero attached hydrogens (tertiary/aromatic N) is 3. The van der Waals surface area contributed by atoms with E-state index in [0.29, 0.717) is 23.1 Å². The van der Waals surface area contributed by atoms with Gasteiger partial charge in [-0.1, -0.05) is 12.1 Å². The number of sulfonamides is 1. The molecule has 0 aliphatic carbocycles. The number of carbonyl (C=O) groups is 1. The molecule has 8 nitrogen and oxygen atoms in total. The summed E-state index contributed by atoms with van der Waals surface area (Å²) in [6.07, 6.45) is -5.80. The van der Waals surface area contributed by atoms with Crippen molar-refractivity contribution in [2.45, 2.75) is 36.9 Å². The number of halogens is 3. The molecule has 1 N–H and O–H groups in total. The SMILES string of the molecule is Cc1ccc(N(C)C)nc1-c1ccc2c(c1)N(S(=O)(=O)c1cccc(C(F)(F)F)c1)CC(CCC(=O)O)O2. The second-order valence-corrected chi connectivity index (χ2v) is 11.0. The van der Waals surface area contributed by atoms with Crippen LogP contribution in [0.25, 0.3) is 11.3 Å². The second-order valence-electron chi connectivity index (χ2n) is 9.15. The largest absolute Gasteiger partial charge is 0.486 e. The van der Waals surface area contributed by atoms with Gasteiger partial charge in [0.15, 0.2) is 0 Å². The van der Waals surface area contributed by atoms with E-state index in [4.69, 9.17) is 9.84 Å². The van der Waals surface area contributed by atoms with E-state index < -0.39 is 38.7 Å². The van der Waals surface area contributed by atoms with Gasteiger partial charge in [0.25, 0.3) is 10.0 Å². The van der Waals surface area contributed by atoms with Crippen molar-refractivity contribution in [1.82, 2.24) is 4.98 Å². The summed E-state index contributed by atoms with van der Waals surface area (Å²) in [5.74, 6) is -0.224. The number of carboxylic acids is 1. The molecule has 0 fully saturated rings. The van der Waals surface area contributed by atoms with Crippen molar-refractivity contribution < 1.29 is 36.2 Å². The molecular weight excluding hydrogens is 523 g/mol. The van der Waals surface area contributed by atoms with Crippen LogP contribution in [0.1, 0.15) is 24.0 Å². The summed E-state index contributed by atoms with van der Waals surface area (Å²) in [7, 11) is -0.811. The fourth-order valence-corrected chi connectivity index (χ4v) is 5.69. The molecule has 0 saturated heterocycles. The molecule has 1 aromatic heterocycles. The lowest BCUT2D eigenvalue weighted by atomic mass is 10.0. The van der Waals surface area contributed by atoms with Crippen LogP contribution in [0.5, 0.6) is 5.75 Å². The van der Waals surface area contributed by atoms with Crippen molar-refractivity contribution in [3.63, 3.8) is 0 Å². The van der Waals surface area contributed by atoms with Gasteiger partial charge in [-0.3, -0.25) is 9.10 Å². The molecule has 4 rings (SSSR count). The van der Waals surface area contributed by atoms with Crippen LogP contribution in [-0.2, 0) is 21.0 Å². The Kier molecular flexibility index (Phi) is 7.29. The lowest BCUT2D eigenvalue weighted by molar-refractivity contribution is -0.138. The Labute approximate surface area is 218 Å². The lowest BCUT2D eigenvalue weighted by Gasteiger charge is -2.36. The highest BCUT2D eigenvalue weighted by atomic mass is 32.2. The van der Waals surface area contributed by atoms with Crippen LogP contribution in [0.3, 0.4) is 0 Å². The van der Waals surface area contributed by atoms with Crippen molar-refractivity contribution in [2.75, 3.05) is 29.8 Å². The van der Waals surface area contributed by atoms with Crippen LogP contribution in [-0.4, -0.2) is 51.2 Å². The zero-order valence-corrected chi connectivity index (χ0v) is 21.7. The predicted octanol–water partition coefficient (Wildman–Crippen LogP) is 4.96. The smallest absolute Gasteiger partial charge is 0.416 e. The molecule has 0 bridgehead atoms. The summed E-state index contributed by atoms with van der Waals surface area (Å²) in [6.45, 7) is 1.59. The number of alkyl halides is 3. The first-order valence-corrected chi connectivity index (χ1v) is 13.1. The molecule has 3 aromatic rings. The number of anilines is 2. The highest BCUT2D eigenvalue weighted by molar-refractivity contribution is 7.92. The van der Waals surface area contributed by atoms with E-state index in [2.05, 4.69) is 4.98 Å². The van der Waals surface area contributed by atoms with Gasteiger partial charge < -0.3 is 14.7 Å². The molecule has 202 valence electrons. The highest BCUT2D eigenvalue weighted by Crippen LogP contribution is 2.41. The summed E-state index contributed by atoms with van der Waals surface area (Å²) >= 11 is 0. The minimum absolute atomic E-state index is 0.0106. The van der Waals surface area contributed by atoms with Crippen molar-refractivity contribution in [3.8, 4) is 17.0 Å². The van der Waals surface area contributed by atoms with Gasteiger partial charge in [-0.25, -0.2) is 13.4 Å². The van der Waals surface area contributed by atoms with Gasteiger partial charge in [0.2, 0.25) is 0 Å². The topological polar surface area (TPSA) is 100 Å². The minimum atomic E-state index is -4.73. The molecule has 0 amide bonds. The van der Waals surface area contributed by atoms with Crippen molar-refractivity contribution >= 4 is 27.5 Å². The van der Waals surface area contributed by atoms with Gasteiger partial charge in [0.1, 0.15) is 17.7 Å². The number of rotatable bonds is 7. The van der Waals surface area contributed by atoms with Gasteiger partial charge >= 0.3 is 12.1 Å². The molecule has 1 atom stereocenters. The summed E-state index contributed by atoms with van der Waals surface area (Å²) in [6, 6.07) is 12.1. The Bertz CT molecular complexity index is 1480. The first-order chi connectivity index (χ1) is 17.8. The molecule has 1 unspecified atom stereocenters. The van der Waals surface area contributed by atoms with Gasteiger partial charge in [-0.15, -0.1) is 0 Å². The van der Waals surface area contributed by atoms with Gasteiger partial charge in [0, 0.05) is 26.1 Å². The number of aromatic nitrogens is 1. The Balaban J connectivity index is 1.84. The van der Waals surface area contributed by atoms with Crippen molar-refractivity contribution in [3.05, 3.63) is 65.7 Å². The van der Waals surface area contributed by atoms with Crippen LogP contribution in [0.2, 0.25) is 0 Å². The normalized spacial score (nSPS) is 15.5. The number of ether oxygens (including phenoxy) is 1. The Morgan fingerprint density at radius 3 is 2.55 bits per heavy atom. The van der Waals surface area contributed by atoms with Gasteiger partial charge in [-0.05, 0) is 61.4 Å². The Morgan fingerprint density at radius 2 is 1.89 bits per heavy atom. The van der Waals surface area contributed by atoms with Crippen LogP contribution in [0.4, 0.5) is 24.7 Å². The molecule has 2 heterocycles. The zero-order valence-electron chi connectivity index (χ0n) is 20.9. The fourth-order valence-electron chi connectivity index (χ4n) is 4.14. The molecule has 1 aliphatic heterocycles. The first kappa shape index (κ1) is 27.2. The molecular formula is C26H26F3N3O5S. The third-order valence-electron chi connectivity index (χ3n) is 6.13. The summed E-state index contributed by atoms with van der Waals surface area (Å²) < 4.78 is 74.4. The molecule has 12 heteroatoms. The third-order valence-corrected chi connectivity index (χ3v) is 7.91. The maximum atomic E-state index is 13.7. The number of aryl methyl sites for hydroxylation is 1. The second kappa shape index (κ2) is 10.2. The molecule has 38 heavy (non-hydrogen) atoms. The van der Waals surface area contributed by atoms with Crippen LogP contribution in [0.15, 0.2) is 59.5 Å².